The fraction of sp³-hybridized carbons (Fsp3) is 0.321. The number of hydrogen-bond donors (Lipinski definition) is 1. The van der Waals surface area contributed by atoms with Gasteiger partial charge < -0.3 is 10.2 Å². The van der Waals surface area contributed by atoms with E-state index in [2.05, 4.69) is 47.4 Å². The smallest absolute Gasteiger partial charge is 0.275 e. The topological polar surface area (TPSA) is 62.3 Å². The van der Waals surface area contributed by atoms with Gasteiger partial charge in [-0.1, -0.05) is 49.4 Å². The zero-order chi connectivity index (χ0) is 23.9. The third-order valence-electron chi connectivity index (χ3n) is 6.28. The molecule has 1 N–H and O–H groups in total. The average molecular weight is 472 g/mol. The Morgan fingerprint density at radius 1 is 1.15 bits per heavy atom. The quantitative estimate of drug-likeness (QED) is 0.447. The highest BCUT2D eigenvalue weighted by molar-refractivity contribution is 7.10. The second-order valence-electron chi connectivity index (χ2n) is 8.48. The van der Waals surface area contributed by atoms with Crippen molar-refractivity contribution in [2.45, 2.75) is 44.9 Å². The number of aromatic nitrogens is 1. The van der Waals surface area contributed by atoms with Crippen LogP contribution in [0, 0.1) is 12.3 Å². The van der Waals surface area contributed by atoms with Gasteiger partial charge in [-0.3, -0.25) is 9.59 Å². The molecule has 1 aliphatic heterocycles. The van der Waals surface area contributed by atoms with Gasteiger partial charge in [0.2, 0.25) is 5.91 Å². The maximum absolute atomic E-state index is 13.0. The highest BCUT2D eigenvalue weighted by Crippen LogP contribution is 2.32. The van der Waals surface area contributed by atoms with E-state index in [-0.39, 0.29) is 17.7 Å². The van der Waals surface area contributed by atoms with E-state index in [1.807, 2.05) is 34.5 Å². The molecule has 174 valence electrons. The molecule has 0 spiro atoms. The Kier molecular flexibility index (Phi) is 7.76. The number of hydrogen-bond acceptors (Lipinski definition) is 4. The van der Waals surface area contributed by atoms with Crippen LogP contribution in [0.15, 0.2) is 53.9 Å². The van der Waals surface area contributed by atoms with Gasteiger partial charge in [-0.25, -0.2) is 4.98 Å². The molecule has 0 aliphatic carbocycles. The molecule has 6 heteroatoms. The van der Waals surface area contributed by atoms with E-state index < -0.39 is 0 Å². The number of likely N-dealkylation sites (tertiary alicyclic amines) is 1. The van der Waals surface area contributed by atoms with Crippen molar-refractivity contribution in [1.82, 2.24) is 9.88 Å². The minimum Gasteiger partial charge on any atom is -0.343 e. The highest BCUT2D eigenvalue weighted by atomic mass is 32.1. The van der Waals surface area contributed by atoms with Crippen LogP contribution >= 0.6 is 11.3 Å². The van der Waals surface area contributed by atoms with Gasteiger partial charge in [0.05, 0.1) is 5.01 Å². The molecular weight excluding hydrogens is 442 g/mol. The number of benzene rings is 2. The van der Waals surface area contributed by atoms with Crippen LogP contribution in [0.5, 0.6) is 0 Å². The van der Waals surface area contributed by atoms with Crippen LogP contribution in [0.4, 0.5) is 5.69 Å². The summed E-state index contributed by atoms with van der Waals surface area (Å²) >= 11 is 1.52. The summed E-state index contributed by atoms with van der Waals surface area (Å²) < 4.78 is 0. The van der Waals surface area contributed by atoms with Gasteiger partial charge >= 0.3 is 0 Å². The monoisotopic (exact) mass is 471 g/mol. The number of nitrogens with one attached hydrogen (secondary N) is 1. The lowest BCUT2D eigenvalue weighted by Crippen LogP contribution is -2.37. The Bertz CT molecular complexity index is 1180. The van der Waals surface area contributed by atoms with Crippen LogP contribution in [0.2, 0.25) is 0 Å². The van der Waals surface area contributed by atoms with Crippen LogP contribution in [0.25, 0.3) is 11.1 Å². The number of piperidine rings is 1. The lowest BCUT2D eigenvalue weighted by Gasteiger charge is -2.31. The van der Waals surface area contributed by atoms with Crippen molar-refractivity contribution in [3.05, 3.63) is 70.2 Å². The highest BCUT2D eigenvalue weighted by Gasteiger charge is 2.26. The molecule has 1 fully saturated rings. The fourth-order valence-electron chi connectivity index (χ4n) is 4.24. The van der Waals surface area contributed by atoms with E-state index in [4.69, 9.17) is 6.42 Å². The summed E-state index contributed by atoms with van der Waals surface area (Å²) in [4.78, 5) is 31.7. The first-order valence-corrected chi connectivity index (χ1v) is 12.6. The van der Waals surface area contributed by atoms with Gasteiger partial charge in [0.1, 0.15) is 5.69 Å². The van der Waals surface area contributed by atoms with E-state index in [9.17, 15) is 9.59 Å². The summed E-state index contributed by atoms with van der Waals surface area (Å²) in [6.07, 6.45) is 8.86. The number of thiazole rings is 1. The van der Waals surface area contributed by atoms with Gasteiger partial charge in [0.15, 0.2) is 0 Å². The maximum atomic E-state index is 13.0. The Morgan fingerprint density at radius 2 is 1.88 bits per heavy atom. The van der Waals surface area contributed by atoms with Crippen molar-refractivity contribution < 1.29 is 9.59 Å². The van der Waals surface area contributed by atoms with E-state index in [1.54, 1.807) is 0 Å². The first-order chi connectivity index (χ1) is 16.6. The van der Waals surface area contributed by atoms with Crippen molar-refractivity contribution in [3.8, 4) is 23.5 Å². The number of amides is 2. The van der Waals surface area contributed by atoms with E-state index in [0.29, 0.717) is 31.6 Å². The predicted octanol–water partition coefficient (Wildman–Crippen LogP) is 5.74. The molecule has 1 aromatic heterocycles. The number of carbonyl (C=O) groups is 2. The molecule has 3 aromatic rings. The normalized spacial score (nSPS) is 13.9. The van der Waals surface area contributed by atoms with E-state index >= 15 is 0 Å². The summed E-state index contributed by atoms with van der Waals surface area (Å²) in [5.41, 5.74) is 4.53. The lowest BCUT2D eigenvalue weighted by molar-refractivity contribution is -0.132. The number of para-hydroxylation sites is 1. The number of carbonyl (C=O) groups excluding carboxylic acids is 2. The molecule has 2 amide bonds. The Morgan fingerprint density at radius 3 is 2.59 bits per heavy atom. The molecule has 1 aliphatic rings. The Labute approximate surface area is 205 Å². The summed E-state index contributed by atoms with van der Waals surface area (Å²) in [7, 11) is 0. The molecule has 5 nitrogen and oxygen atoms in total. The molecule has 0 saturated carbocycles. The van der Waals surface area contributed by atoms with E-state index in [0.717, 1.165) is 41.1 Å². The molecule has 0 unspecified atom stereocenters. The number of terminal acetylenes is 1. The molecule has 4 rings (SSSR count). The van der Waals surface area contributed by atoms with Crippen molar-refractivity contribution in [2.75, 3.05) is 18.4 Å². The largest absolute Gasteiger partial charge is 0.343 e. The van der Waals surface area contributed by atoms with Crippen molar-refractivity contribution >= 4 is 28.8 Å². The number of aryl methyl sites for hydroxylation is 1. The second-order valence-corrected chi connectivity index (χ2v) is 9.37. The molecular formula is C28H29N3O2S. The third kappa shape index (κ3) is 5.55. The van der Waals surface area contributed by atoms with Gasteiger partial charge in [-0.05, 0) is 36.5 Å². The molecule has 2 heterocycles. The molecule has 1 saturated heterocycles. The van der Waals surface area contributed by atoms with E-state index in [1.165, 1.54) is 16.9 Å². The third-order valence-corrected chi connectivity index (χ3v) is 7.29. The van der Waals surface area contributed by atoms with Gasteiger partial charge in [-0.2, -0.15) is 0 Å². The molecule has 0 atom stereocenters. The van der Waals surface area contributed by atoms with Gasteiger partial charge in [0.25, 0.3) is 5.91 Å². The van der Waals surface area contributed by atoms with Crippen LogP contribution in [0.1, 0.15) is 59.6 Å². The summed E-state index contributed by atoms with van der Waals surface area (Å²) in [5.74, 6) is 2.71. The summed E-state index contributed by atoms with van der Waals surface area (Å²) in [5, 5.41) is 5.84. The first-order valence-electron chi connectivity index (χ1n) is 11.8. The molecule has 34 heavy (non-hydrogen) atoms. The van der Waals surface area contributed by atoms with Crippen molar-refractivity contribution in [3.63, 3.8) is 0 Å². The minimum absolute atomic E-state index is 0.124. The van der Waals surface area contributed by atoms with Crippen LogP contribution in [-0.4, -0.2) is 34.8 Å². The van der Waals surface area contributed by atoms with Crippen LogP contribution < -0.4 is 5.32 Å². The fourth-order valence-corrected chi connectivity index (χ4v) is 5.21. The standard InChI is InChI=1S/C28H29N3O2S/c1-3-5-10-26(32)31-17-15-22(16-18-31)28-30-25(19-34-28)27(33)29-24-9-7-6-8-23(24)21-13-11-20(4-2)12-14-21/h1,6-9,11-14,19,22H,4-5,10,15-18H2,2H3,(H,29,33). The zero-order valence-electron chi connectivity index (χ0n) is 19.4. The van der Waals surface area contributed by atoms with Gasteiger partial charge in [0, 0.05) is 48.5 Å². The average Bonchev–Trinajstić information content (AvgIpc) is 3.38. The molecule has 0 bridgehead atoms. The number of anilines is 1. The Hall–Kier alpha value is -3.43. The number of nitrogens with zero attached hydrogens (tertiary/aromatic N) is 2. The second kappa shape index (κ2) is 11.1. The number of rotatable bonds is 7. The van der Waals surface area contributed by atoms with Crippen LogP contribution in [0.3, 0.4) is 0 Å². The molecule has 0 radical (unpaired) electrons. The Balaban J connectivity index is 1.40. The predicted molar refractivity (Wildman–Crippen MR) is 138 cm³/mol. The summed E-state index contributed by atoms with van der Waals surface area (Å²) in [6.45, 7) is 3.55. The lowest BCUT2D eigenvalue weighted by atomic mass is 9.97. The zero-order valence-corrected chi connectivity index (χ0v) is 20.2. The van der Waals surface area contributed by atoms with Gasteiger partial charge in [-0.15, -0.1) is 23.7 Å². The van der Waals surface area contributed by atoms with Crippen LogP contribution in [-0.2, 0) is 11.2 Å². The van der Waals surface area contributed by atoms with Crippen molar-refractivity contribution in [2.24, 2.45) is 0 Å². The minimum atomic E-state index is -0.206. The summed E-state index contributed by atoms with van der Waals surface area (Å²) in [6, 6.07) is 16.3. The maximum Gasteiger partial charge on any atom is 0.275 e. The molecule has 2 aromatic carbocycles. The SMILES string of the molecule is C#CCCC(=O)N1CCC(c2nc(C(=O)Nc3ccccc3-c3ccc(CC)cc3)cs2)CC1. The van der Waals surface area contributed by atoms with Crippen molar-refractivity contribution in [1.29, 1.82) is 0 Å². The first kappa shape index (κ1) is 23.7.